The van der Waals surface area contributed by atoms with Gasteiger partial charge >= 0.3 is 6.18 Å². The standard InChI is InChI=1S/C17H15F4N3O/c18-13-3-1-12(2-4-13)10-24-8-7-23(11-16(24)25)14-5-6-22-15(9-14)17(19,20)21/h1-6,9H,7-8,10-11H2. The number of halogens is 4. The van der Waals surface area contributed by atoms with Crippen LogP contribution in [0.25, 0.3) is 0 Å². The van der Waals surface area contributed by atoms with Crippen LogP contribution >= 0.6 is 0 Å². The predicted octanol–water partition coefficient (Wildman–Crippen LogP) is 3.09. The number of pyridine rings is 1. The van der Waals surface area contributed by atoms with E-state index in [1.807, 2.05) is 0 Å². The van der Waals surface area contributed by atoms with Crippen LogP contribution in [-0.4, -0.2) is 35.4 Å². The largest absolute Gasteiger partial charge is 0.433 e. The van der Waals surface area contributed by atoms with E-state index in [0.717, 1.165) is 17.8 Å². The Labute approximate surface area is 141 Å². The molecule has 0 aliphatic carbocycles. The van der Waals surface area contributed by atoms with Crippen molar-refractivity contribution in [2.75, 3.05) is 24.5 Å². The molecular formula is C17H15F4N3O. The topological polar surface area (TPSA) is 36.4 Å². The van der Waals surface area contributed by atoms with Crippen molar-refractivity contribution in [2.24, 2.45) is 0 Å². The van der Waals surface area contributed by atoms with E-state index in [-0.39, 0.29) is 18.3 Å². The Morgan fingerprint density at radius 3 is 2.44 bits per heavy atom. The Kier molecular flexibility index (Phi) is 4.61. The number of amides is 1. The summed E-state index contributed by atoms with van der Waals surface area (Å²) in [5.74, 6) is -0.543. The monoisotopic (exact) mass is 353 g/mol. The molecule has 0 bridgehead atoms. The molecule has 1 aromatic carbocycles. The summed E-state index contributed by atoms with van der Waals surface area (Å²) in [6.45, 7) is 1.12. The number of rotatable bonds is 3. The SMILES string of the molecule is O=C1CN(c2ccnc(C(F)(F)F)c2)CCN1Cc1ccc(F)cc1. The lowest BCUT2D eigenvalue weighted by Gasteiger charge is -2.35. The van der Waals surface area contributed by atoms with Crippen LogP contribution in [-0.2, 0) is 17.5 Å². The fourth-order valence-corrected chi connectivity index (χ4v) is 2.68. The van der Waals surface area contributed by atoms with Gasteiger partial charge in [0.2, 0.25) is 5.91 Å². The quantitative estimate of drug-likeness (QED) is 0.796. The third-order valence-corrected chi connectivity index (χ3v) is 4.00. The highest BCUT2D eigenvalue weighted by Crippen LogP contribution is 2.30. The van der Waals surface area contributed by atoms with E-state index in [1.54, 1.807) is 21.9 Å². The van der Waals surface area contributed by atoms with Crippen LogP contribution in [0.4, 0.5) is 23.2 Å². The summed E-state index contributed by atoms with van der Waals surface area (Å²) in [5, 5.41) is 0. The molecule has 1 aliphatic rings. The molecule has 0 unspecified atom stereocenters. The van der Waals surface area contributed by atoms with E-state index in [2.05, 4.69) is 4.98 Å². The highest BCUT2D eigenvalue weighted by atomic mass is 19.4. The number of hydrogen-bond donors (Lipinski definition) is 0. The Balaban J connectivity index is 1.67. The van der Waals surface area contributed by atoms with E-state index in [0.29, 0.717) is 25.3 Å². The van der Waals surface area contributed by atoms with Crippen LogP contribution < -0.4 is 4.90 Å². The van der Waals surface area contributed by atoms with Crippen molar-refractivity contribution in [3.63, 3.8) is 0 Å². The van der Waals surface area contributed by atoms with Crippen LogP contribution in [0.5, 0.6) is 0 Å². The Morgan fingerprint density at radius 2 is 1.80 bits per heavy atom. The summed E-state index contributed by atoms with van der Waals surface area (Å²) in [7, 11) is 0. The molecule has 0 radical (unpaired) electrons. The maximum Gasteiger partial charge on any atom is 0.433 e. The number of nitrogens with zero attached hydrogens (tertiary/aromatic N) is 3. The number of anilines is 1. The number of carbonyl (C=O) groups excluding carboxylic acids is 1. The van der Waals surface area contributed by atoms with Gasteiger partial charge in [-0.1, -0.05) is 12.1 Å². The summed E-state index contributed by atoms with van der Waals surface area (Å²) in [5.41, 5.74) is 0.134. The van der Waals surface area contributed by atoms with Crippen molar-refractivity contribution in [1.29, 1.82) is 0 Å². The molecule has 2 heterocycles. The van der Waals surface area contributed by atoms with Crippen LogP contribution in [0.3, 0.4) is 0 Å². The second-order valence-electron chi connectivity index (χ2n) is 5.76. The van der Waals surface area contributed by atoms with Gasteiger partial charge < -0.3 is 9.80 Å². The van der Waals surface area contributed by atoms with Crippen LogP contribution in [0, 0.1) is 5.82 Å². The second kappa shape index (κ2) is 6.70. The molecule has 0 saturated carbocycles. The van der Waals surface area contributed by atoms with Gasteiger partial charge in [0.25, 0.3) is 0 Å². The average molecular weight is 353 g/mol. The maximum absolute atomic E-state index is 12.9. The number of aromatic nitrogens is 1. The molecular weight excluding hydrogens is 338 g/mol. The van der Waals surface area contributed by atoms with Gasteiger partial charge in [0.05, 0.1) is 6.54 Å². The smallest absolute Gasteiger partial charge is 0.360 e. The van der Waals surface area contributed by atoms with Gasteiger partial charge in [-0.05, 0) is 29.8 Å². The average Bonchev–Trinajstić information content (AvgIpc) is 2.58. The summed E-state index contributed by atoms with van der Waals surface area (Å²) in [6.07, 6.45) is -3.43. The third kappa shape index (κ3) is 4.07. The molecule has 132 valence electrons. The fraction of sp³-hybridized carbons (Fsp3) is 0.294. The number of benzene rings is 1. The van der Waals surface area contributed by atoms with Crippen molar-refractivity contribution in [3.8, 4) is 0 Å². The van der Waals surface area contributed by atoms with Crippen molar-refractivity contribution in [2.45, 2.75) is 12.7 Å². The Bertz CT molecular complexity index is 761. The molecule has 0 atom stereocenters. The molecule has 1 amide bonds. The van der Waals surface area contributed by atoms with E-state index in [1.165, 1.54) is 18.2 Å². The van der Waals surface area contributed by atoms with Gasteiger partial charge in [0.1, 0.15) is 11.5 Å². The summed E-state index contributed by atoms with van der Waals surface area (Å²) < 4.78 is 51.2. The minimum absolute atomic E-state index is 0.0114. The van der Waals surface area contributed by atoms with Crippen molar-refractivity contribution in [1.82, 2.24) is 9.88 Å². The second-order valence-corrected chi connectivity index (χ2v) is 5.76. The first-order chi connectivity index (χ1) is 11.8. The fourth-order valence-electron chi connectivity index (χ4n) is 2.68. The minimum atomic E-state index is -4.52. The van der Waals surface area contributed by atoms with Gasteiger partial charge in [-0.15, -0.1) is 0 Å². The molecule has 2 aromatic rings. The van der Waals surface area contributed by atoms with Gasteiger partial charge in [-0.3, -0.25) is 9.78 Å². The highest BCUT2D eigenvalue weighted by Gasteiger charge is 2.33. The van der Waals surface area contributed by atoms with E-state index < -0.39 is 11.9 Å². The molecule has 3 rings (SSSR count). The molecule has 25 heavy (non-hydrogen) atoms. The normalized spacial score (nSPS) is 15.6. The maximum atomic E-state index is 12.9. The first-order valence-electron chi connectivity index (χ1n) is 7.63. The van der Waals surface area contributed by atoms with Crippen LogP contribution in [0.2, 0.25) is 0 Å². The highest BCUT2D eigenvalue weighted by molar-refractivity contribution is 5.82. The predicted molar refractivity (Wildman–Crippen MR) is 83.3 cm³/mol. The third-order valence-electron chi connectivity index (χ3n) is 4.00. The van der Waals surface area contributed by atoms with Crippen molar-refractivity contribution < 1.29 is 22.4 Å². The Hall–Kier alpha value is -2.64. The molecule has 0 spiro atoms. The van der Waals surface area contributed by atoms with Gasteiger partial charge in [0, 0.05) is 31.5 Å². The lowest BCUT2D eigenvalue weighted by atomic mass is 10.2. The van der Waals surface area contributed by atoms with Gasteiger partial charge in [0.15, 0.2) is 0 Å². The van der Waals surface area contributed by atoms with Crippen LogP contribution in [0.1, 0.15) is 11.3 Å². The zero-order chi connectivity index (χ0) is 18.0. The van der Waals surface area contributed by atoms with Crippen molar-refractivity contribution >= 4 is 11.6 Å². The first-order valence-corrected chi connectivity index (χ1v) is 7.63. The molecule has 1 aromatic heterocycles. The summed E-state index contributed by atoms with van der Waals surface area (Å²) >= 11 is 0. The number of hydrogen-bond acceptors (Lipinski definition) is 3. The lowest BCUT2D eigenvalue weighted by Crippen LogP contribution is -2.50. The van der Waals surface area contributed by atoms with E-state index >= 15 is 0 Å². The van der Waals surface area contributed by atoms with Crippen LogP contribution in [0.15, 0.2) is 42.6 Å². The number of carbonyl (C=O) groups is 1. The molecule has 4 nitrogen and oxygen atoms in total. The molecule has 1 aliphatic heterocycles. The Morgan fingerprint density at radius 1 is 1.08 bits per heavy atom. The van der Waals surface area contributed by atoms with Gasteiger partial charge in [-0.2, -0.15) is 13.2 Å². The van der Waals surface area contributed by atoms with Gasteiger partial charge in [-0.25, -0.2) is 4.39 Å². The molecule has 0 N–H and O–H groups in total. The molecule has 1 fully saturated rings. The summed E-state index contributed by atoms with van der Waals surface area (Å²) in [4.78, 5) is 18.8. The summed E-state index contributed by atoms with van der Waals surface area (Å²) in [6, 6.07) is 8.26. The molecule has 8 heteroatoms. The zero-order valence-corrected chi connectivity index (χ0v) is 13.1. The zero-order valence-electron chi connectivity index (χ0n) is 13.1. The minimum Gasteiger partial charge on any atom is -0.360 e. The number of piperazine rings is 1. The molecule has 1 saturated heterocycles. The first kappa shape index (κ1) is 17.2. The number of alkyl halides is 3. The van der Waals surface area contributed by atoms with Crippen molar-refractivity contribution in [3.05, 3.63) is 59.7 Å². The lowest BCUT2D eigenvalue weighted by molar-refractivity contribution is -0.141. The van der Waals surface area contributed by atoms with E-state index in [4.69, 9.17) is 0 Å². The van der Waals surface area contributed by atoms with E-state index in [9.17, 15) is 22.4 Å².